The Morgan fingerprint density at radius 2 is 1.60 bits per heavy atom. The fourth-order valence-corrected chi connectivity index (χ4v) is 0.552. The molecule has 1 heterocycles. The maximum absolute atomic E-state index is 10.4. The molecule has 1 rings (SSSR count). The smallest absolute Gasteiger partial charge is 0.709 e. The average molecular weight is 485 g/mol. The van der Waals surface area contributed by atoms with E-state index in [0.717, 1.165) is 18.5 Å². The molecule has 0 aliphatic carbocycles. The van der Waals surface area contributed by atoms with Crippen molar-refractivity contribution < 1.29 is 54.3 Å². The average Bonchev–Trinajstić information content (AvgIpc) is 2.59. The number of carbonyl (C=O) groups is 1. The van der Waals surface area contributed by atoms with Gasteiger partial charge in [-0.2, -0.15) is 4.73 Å². The van der Waals surface area contributed by atoms with Crippen molar-refractivity contribution in [2.45, 2.75) is 39.1 Å². The minimum absolute atomic E-state index is 0. The number of alkyl halides is 1. The van der Waals surface area contributed by atoms with Crippen LogP contribution in [-0.2, 0) is 26.9 Å². The molecule has 0 unspecified atom stereocenters. The molecule has 0 saturated carbocycles. The molecule has 1 aromatic heterocycles. The van der Waals surface area contributed by atoms with Crippen molar-refractivity contribution in [3.63, 3.8) is 0 Å². The van der Waals surface area contributed by atoms with Crippen LogP contribution in [0.5, 0.6) is 0 Å². The standard InChI is InChI=1S/C5H5NOS.C3H5ClO.2C3H8O.C2H5Br.Na.4H2/c7-6-4-2-1-3-5(6)8;1-2-3(4)5;2*1-3-4-2;1-2-3;;;;;/h1-4,8H;2H2,1H3;2*3H2,1-2H3;2H2,1H3;;4*1H/q;;;;;+1;;;;/p-1/i;;;;;;2*1+2;2*1+1. The largest absolute Gasteiger partial charge is 1.00 e. The predicted octanol–water partition coefficient (Wildman–Crippen LogP) is 2.08. The Labute approximate surface area is 200 Å². The van der Waals surface area contributed by atoms with Gasteiger partial charge in [0.25, 0.3) is 0 Å². The molecule has 0 aliphatic heterocycles. The molecule has 9 heteroatoms. The van der Waals surface area contributed by atoms with E-state index >= 15 is 0 Å². The summed E-state index contributed by atoms with van der Waals surface area (Å²) < 4.78 is 9.73. The van der Waals surface area contributed by atoms with Crippen molar-refractivity contribution in [2.24, 2.45) is 0 Å². The molecular weight excluding hydrogens is 441 g/mol. The molecule has 0 saturated heterocycles. The summed E-state index contributed by atoms with van der Waals surface area (Å²) in [5.41, 5.74) is 0. The summed E-state index contributed by atoms with van der Waals surface area (Å²) in [5, 5.41) is 11.5. The number of methoxy groups -OCH3 is 2. The van der Waals surface area contributed by atoms with Crippen molar-refractivity contribution in [3.8, 4) is 0 Å². The monoisotopic (exact) mass is 483 g/mol. The van der Waals surface area contributed by atoms with Crippen LogP contribution in [0.2, 0.25) is 0 Å². The van der Waals surface area contributed by atoms with Crippen LogP contribution in [0.15, 0.2) is 29.4 Å². The van der Waals surface area contributed by atoms with E-state index in [2.05, 4.69) is 38.0 Å². The van der Waals surface area contributed by atoms with E-state index in [4.69, 9.17) is 11.6 Å². The van der Waals surface area contributed by atoms with Gasteiger partial charge in [0, 0.05) is 51.0 Å². The number of nitrogens with zero attached hydrogens (tertiary/aromatic N) is 1. The minimum atomic E-state index is -0.273. The Balaban J connectivity index is -0.0000000247. The molecule has 0 N–H and O–H groups in total. The van der Waals surface area contributed by atoms with Gasteiger partial charge < -0.3 is 27.3 Å². The third kappa shape index (κ3) is 51.6. The first-order valence-electron chi connectivity index (χ1n) is 7.39. The number of carbonyl (C=O) groups excluding carboxylic acids is 1. The van der Waals surface area contributed by atoms with E-state index in [0.29, 0.717) is 16.2 Å². The van der Waals surface area contributed by atoms with Gasteiger partial charge in [0.05, 0.1) is 5.03 Å². The van der Waals surface area contributed by atoms with Gasteiger partial charge >= 0.3 is 29.6 Å². The fourth-order valence-electron chi connectivity index (χ4n) is 0.413. The third-order valence-electron chi connectivity index (χ3n) is 1.64. The molecule has 0 amide bonds. The van der Waals surface area contributed by atoms with Gasteiger partial charge in [0.15, 0.2) is 6.20 Å². The zero-order chi connectivity index (χ0) is 19.8. The molecule has 0 aliphatic rings. The molecule has 152 valence electrons. The van der Waals surface area contributed by atoms with E-state index in [1.54, 1.807) is 39.3 Å². The molecular formula is C16H38BrClNNaO4S. The second kappa shape index (κ2) is 35.6. The zero-order valence-corrected chi connectivity index (χ0v) is 21.5. The number of rotatable bonds is 3. The molecule has 0 aromatic carbocycles. The molecule has 25 heavy (non-hydrogen) atoms. The Hall–Kier alpha value is 0.530. The van der Waals surface area contributed by atoms with Crippen LogP contribution in [0, 0.1) is 5.21 Å². The van der Waals surface area contributed by atoms with Crippen LogP contribution in [0.25, 0.3) is 0 Å². The number of aromatic nitrogens is 1. The first kappa shape index (κ1) is 36.4. The van der Waals surface area contributed by atoms with Gasteiger partial charge in [-0.25, -0.2) is 0 Å². The van der Waals surface area contributed by atoms with Crippen molar-refractivity contribution in [2.75, 3.05) is 32.8 Å². The maximum Gasteiger partial charge on any atom is 1.00 e. The van der Waals surface area contributed by atoms with Crippen molar-refractivity contribution in [1.82, 2.24) is 0 Å². The SMILES string of the molecule is CCBr.CCC(=O)Cl.CCOC.CCOC.[2HH].[2HH].[3HH].[3HH].[Na+].[O-][n+]1ccccc1[S-]. The maximum atomic E-state index is 10.4. The molecule has 0 spiro atoms. The first-order chi connectivity index (χ1) is 11.3. The van der Waals surface area contributed by atoms with E-state index in [1.807, 2.05) is 20.8 Å². The number of halogens is 2. The number of ether oxygens (including phenoxy) is 2. The van der Waals surface area contributed by atoms with Gasteiger partial charge in [-0.05, 0) is 31.5 Å². The van der Waals surface area contributed by atoms with E-state index in [1.165, 1.54) is 6.20 Å². The fraction of sp³-hybridized carbons (Fsp3) is 0.625. The van der Waals surface area contributed by atoms with Gasteiger partial charge in [0.1, 0.15) is 0 Å². The van der Waals surface area contributed by atoms with E-state index in [-0.39, 0.29) is 40.5 Å². The molecule has 0 radical (unpaired) electrons. The van der Waals surface area contributed by atoms with Crippen molar-refractivity contribution >= 4 is 45.4 Å². The summed E-state index contributed by atoms with van der Waals surface area (Å²) in [6.07, 6.45) is 1.81. The molecule has 0 fully saturated rings. The van der Waals surface area contributed by atoms with Crippen molar-refractivity contribution in [3.05, 3.63) is 29.6 Å². The quantitative estimate of drug-likeness (QED) is 0.164. The van der Waals surface area contributed by atoms with Crippen LogP contribution < -0.4 is 34.3 Å². The second-order valence-electron chi connectivity index (χ2n) is 3.50. The molecule has 1 aromatic rings. The van der Waals surface area contributed by atoms with Crippen LogP contribution >= 0.6 is 27.5 Å². The topological polar surface area (TPSA) is 62.5 Å². The summed E-state index contributed by atoms with van der Waals surface area (Å²) in [7, 11) is 3.36. The number of pyridine rings is 1. The van der Waals surface area contributed by atoms with Crippen LogP contribution in [0.4, 0.5) is 0 Å². The summed E-state index contributed by atoms with van der Waals surface area (Å²) >= 11 is 12.6. The molecule has 0 atom stereocenters. The van der Waals surface area contributed by atoms with Crippen molar-refractivity contribution in [1.29, 1.82) is 0 Å². The number of hydrogen-bond donors (Lipinski definition) is 0. The molecule has 0 bridgehead atoms. The summed E-state index contributed by atoms with van der Waals surface area (Å²) in [6, 6.07) is 4.96. The van der Waals surface area contributed by atoms with Crippen LogP contribution in [-0.4, -0.2) is 38.0 Å². The Kier molecular flexibility index (Phi) is 51.9. The Morgan fingerprint density at radius 1 is 1.28 bits per heavy atom. The Bertz CT molecular complexity index is 354. The summed E-state index contributed by atoms with van der Waals surface area (Å²) in [4.78, 5) is 9.58. The van der Waals surface area contributed by atoms with Gasteiger partial charge in [0.2, 0.25) is 5.24 Å². The number of hydrogen-bond acceptors (Lipinski definition) is 5. The Morgan fingerprint density at radius 3 is 1.72 bits per heavy atom. The van der Waals surface area contributed by atoms with Crippen LogP contribution in [0.1, 0.15) is 39.8 Å². The van der Waals surface area contributed by atoms with E-state index in [9.17, 15) is 10.0 Å². The second-order valence-corrected chi connectivity index (χ2v) is 5.46. The minimum Gasteiger partial charge on any atom is -0.709 e. The summed E-state index contributed by atoms with van der Waals surface area (Å²) in [5.74, 6) is 0. The first-order valence-corrected chi connectivity index (χ1v) is 9.30. The van der Waals surface area contributed by atoms with Gasteiger partial charge in [-0.1, -0.05) is 35.8 Å². The van der Waals surface area contributed by atoms with E-state index < -0.39 is 0 Å². The van der Waals surface area contributed by atoms with Gasteiger partial charge in [-0.3, -0.25) is 4.79 Å². The third-order valence-corrected chi connectivity index (χ3v) is 2.23. The zero-order valence-electron chi connectivity index (χ0n) is 16.4. The predicted molar refractivity (Wildman–Crippen MR) is 115 cm³/mol. The normalized spacial score (nSPS) is 7.52. The van der Waals surface area contributed by atoms with Crippen LogP contribution in [0.3, 0.4) is 0 Å². The molecule has 5 nitrogen and oxygen atoms in total. The summed E-state index contributed by atoms with van der Waals surface area (Å²) in [6.45, 7) is 9.31. The van der Waals surface area contributed by atoms with Gasteiger partial charge in [-0.15, -0.1) is 0 Å².